The summed E-state index contributed by atoms with van der Waals surface area (Å²) in [6.45, 7) is 5.71. The van der Waals surface area contributed by atoms with Gasteiger partial charge in [-0.1, -0.05) is 21.6 Å². The van der Waals surface area contributed by atoms with E-state index in [0.29, 0.717) is 23.6 Å². The summed E-state index contributed by atoms with van der Waals surface area (Å²) in [5.41, 5.74) is -0.754. The molecular formula is C18H21NO5S2. The van der Waals surface area contributed by atoms with E-state index in [2.05, 4.69) is 5.32 Å². The molecule has 0 atom stereocenters. The normalized spacial score (nSPS) is 11.3. The Labute approximate surface area is 159 Å². The molecule has 6 nitrogen and oxygen atoms in total. The second-order valence-electron chi connectivity index (χ2n) is 6.29. The van der Waals surface area contributed by atoms with Gasteiger partial charge in [-0.3, -0.25) is 9.59 Å². The first-order valence-electron chi connectivity index (χ1n) is 8.03. The van der Waals surface area contributed by atoms with Gasteiger partial charge in [-0.25, -0.2) is 4.79 Å². The molecule has 0 aliphatic rings. The van der Waals surface area contributed by atoms with Gasteiger partial charge in [0, 0.05) is 42.5 Å². The van der Waals surface area contributed by atoms with Crippen molar-refractivity contribution in [3.05, 3.63) is 40.8 Å². The predicted octanol–water partition coefficient (Wildman–Crippen LogP) is 3.24. The first kappa shape index (κ1) is 20.4. The summed E-state index contributed by atoms with van der Waals surface area (Å²) in [5.74, 6) is 1.27. The van der Waals surface area contributed by atoms with Crippen molar-refractivity contribution < 1.29 is 18.7 Å². The highest BCUT2D eigenvalue weighted by atomic mass is 33.1. The van der Waals surface area contributed by atoms with E-state index in [1.54, 1.807) is 45.9 Å². The Balaban J connectivity index is 1.89. The van der Waals surface area contributed by atoms with Crippen LogP contribution in [0, 0.1) is 5.41 Å². The third-order valence-electron chi connectivity index (χ3n) is 3.42. The van der Waals surface area contributed by atoms with Crippen molar-refractivity contribution in [1.29, 1.82) is 0 Å². The monoisotopic (exact) mass is 395 g/mol. The zero-order valence-electron chi connectivity index (χ0n) is 14.9. The molecule has 2 aromatic rings. The van der Waals surface area contributed by atoms with E-state index < -0.39 is 11.0 Å². The Hall–Kier alpha value is -1.93. The SMILES string of the molecule is CC(=O)NCCSSCC(C)(C)C(=O)Oc1ccc2ccc(=O)oc2c1. The zero-order valence-corrected chi connectivity index (χ0v) is 16.5. The van der Waals surface area contributed by atoms with Gasteiger partial charge in [-0.05, 0) is 32.0 Å². The summed E-state index contributed by atoms with van der Waals surface area (Å²) in [5, 5.41) is 3.48. The maximum atomic E-state index is 12.5. The fraction of sp³-hybridized carbons (Fsp3) is 0.389. The van der Waals surface area contributed by atoms with E-state index in [1.807, 2.05) is 13.8 Å². The van der Waals surface area contributed by atoms with Crippen molar-refractivity contribution in [2.24, 2.45) is 5.41 Å². The minimum atomic E-state index is -0.682. The average Bonchev–Trinajstić information content (AvgIpc) is 2.57. The van der Waals surface area contributed by atoms with Crippen molar-refractivity contribution in [3.63, 3.8) is 0 Å². The maximum Gasteiger partial charge on any atom is 0.336 e. The molecule has 8 heteroatoms. The summed E-state index contributed by atoms with van der Waals surface area (Å²) in [6, 6.07) is 7.95. The third-order valence-corrected chi connectivity index (χ3v) is 6.15. The fourth-order valence-electron chi connectivity index (χ4n) is 1.93. The molecule has 0 aliphatic carbocycles. The lowest BCUT2D eigenvalue weighted by atomic mass is 9.97. The number of esters is 1. The van der Waals surface area contributed by atoms with Crippen LogP contribution in [-0.4, -0.2) is 29.9 Å². The van der Waals surface area contributed by atoms with Gasteiger partial charge >= 0.3 is 11.6 Å². The second-order valence-corrected chi connectivity index (χ2v) is 8.88. The number of hydrogen-bond donors (Lipinski definition) is 1. The summed E-state index contributed by atoms with van der Waals surface area (Å²) < 4.78 is 10.6. The Kier molecular flexibility index (Phi) is 7.16. The quantitative estimate of drug-likeness (QED) is 0.241. The van der Waals surface area contributed by atoms with Crippen molar-refractivity contribution >= 4 is 44.4 Å². The number of hydrogen-bond acceptors (Lipinski definition) is 7. The van der Waals surface area contributed by atoms with Gasteiger partial charge in [0.15, 0.2) is 0 Å². The molecule has 1 aromatic carbocycles. The molecule has 0 fully saturated rings. The smallest absolute Gasteiger partial charge is 0.336 e. The van der Waals surface area contributed by atoms with E-state index in [9.17, 15) is 14.4 Å². The molecule has 26 heavy (non-hydrogen) atoms. The molecule has 0 unspecified atom stereocenters. The molecule has 1 heterocycles. The van der Waals surface area contributed by atoms with Gasteiger partial charge in [0.05, 0.1) is 5.41 Å². The highest BCUT2D eigenvalue weighted by Gasteiger charge is 2.30. The molecular weight excluding hydrogens is 374 g/mol. The first-order chi connectivity index (χ1) is 12.3. The van der Waals surface area contributed by atoms with Gasteiger partial charge in [-0.2, -0.15) is 0 Å². The lowest BCUT2D eigenvalue weighted by molar-refractivity contribution is -0.142. The fourth-order valence-corrected chi connectivity index (χ4v) is 4.46. The van der Waals surface area contributed by atoms with E-state index in [-0.39, 0.29) is 11.9 Å². The van der Waals surface area contributed by atoms with Crippen LogP contribution in [0.5, 0.6) is 5.75 Å². The van der Waals surface area contributed by atoms with Gasteiger partial charge in [0.2, 0.25) is 5.91 Å². The third kappa shape index (κ3) is 6.10. The number of ether oxygens (including phenoxy) is 1. The zero-order chi connectivity index (χ0) is 19.2. The van der Waals surface area contributed by atoms with Gasteiger partial charge < -0.3 is 14.5 Å². The predicted molar refractivity (Wildman–Crippen MR) is 105 cm³/mol. The van der Waals surface area contributed by atoms with Crippen LogP contribution in [0.4, 0.5) is 0 Å². The van der Waals surface area contributed by atoms with Crippen molar-refractivity contribution in [3.8, 4) is 5.75 Å². The van der Waals surface area contributed by atoms with Crippen LogP contribution in [0.2, 0.25) is 0 Å². The van der Waals surface area contributed by atoms with Crippen LogP contribution >= 0.6 is 21.6 Å². The van der Waals surface area contributed by atoms with Gasteiger partial charge in [0.1, 0.15) is 11.3 Å². The van der Waals surface area contributed by atoms with Crippen LogP contribution in [-0.2, 0) is 9.59 Å². The molecule has 140 valence electrons. The van der Waals surface area contributed by atoms with E-state index in [4.69, 9.17) is 9.15 Å². The van der Waals surface area contributed by atoms with Crippen molar-refractivity contribution in [1.82, 2.24) is 5.32 Å². The molecule has 0 radical (unpaired) electrons. The summed E-state index contributed by atoms with van der Waals surface area (Å²) in [6.07, 6.45) is 0. The number of carbonyl (C=O) groups is 2. The average molecular weight is 396 g/mol. The number of amides is 1. The lowest BCUT2D eigenvalue weighted by Crippen LogP contribution is -2.31. The number of nitrogens with one attached hydrogen (secondary N) is 1. The van der Waals surface area contributed by atoms with Crippen molar-refractivity contribution in [2.75, 3.05) is 18.1 Å². The molecule has 0 aliphatic heterocycles. The van der Waals surface area contributed by atoms with Gasteiger partial charge in [0.25, 0.3) is 0 Å². The molecule has 1 N–H and O–H groups in total. The number of benzene rings is 1. The Morgan fingerprint density at radius 3 is 2.65 bits per heavy atom. The molecule has 2 rings (SSSR count). The van der Waals surface area contributed by atoms with E-state index in [0.717, 1.165) is 11.1 Å². The second kappa shape index (κ2) is 9.14. The molecule has 1 amide bonds. The minimum absolute atomic E-state index is 0.0503. The summed E-state index contributed by atoms with van der Waals surface area (Å²) in [7, 11) is 3.15. The number of fused-ring (bicyclic) bond motifs is 1. The van der Waals surface area contributed by atoms with Crippen LogP contribution in [0.1, 0.15) is 20.8 Å². The minimum Gasteiger partial charge on any atom is -0.426 e. The lowest BCUT2D eigenvalue weighted by Gasteiger charge is -2.21. The Morgan fingerprint density at radius 2 is 1.92 bits per heavy atom. The number of carbonyl (C=O) groups excluding carboxylic acids is 2. The van der Waals surface area contributed by atoms with Crippen LogP contribution in [0.15, 0.2) is 39.5 Å². The van der Waals surface area contributed by atoms with E-state index >= 15 is 0 Å². The Morgan fingerprint density at radius 1 is 1.19 bits per heavy atom. The molecule has 1 aromatic heterocycles. The highest BCUT2D eigenvalue weighted by Crippen LogP contribution is 2.31. The largest absolute Gasteiger partial charge is 0.426 e. The standard InChI is InChI=1S/C18H21NO5S2/c1-12(20)19-8-9-25-26-11-18(2,3)17(22)23-14-6-4-13-5-7-16(21)24-15(13)10-14/h4-7,10H,8-9,11H2,1-3H3,(H,19,20). The van der Waals surface area contributed by atoms with Gasteiger partial charge in [-0.15, -0.1) is 0 Å². The van der Waals surface area contributed by atoms with Crippen LogP contribution in [0.25, 0.3) is 11.0 Å². The van der Waals surface area contributed by atoms with Crippen LogP contribution < -0.4 is 15.7 Å². The highest BCUT2D eigenvalue weighted by molar-refractivity contribution is 8.76. The topological polar surface area (TPSA) is 85.6 Å². The summed E-state index contributed by atoms with van der Waals surface area (Å²) in [4.78, 5) is 34.5. The number of rotatable bonds is 8. The molecule has 0 bridgehead atoms. The Bertz CT molecular complexity index is 847. The first-order valence-corrected chi connectivity index (χ1v) is 10.5. The van der Waals surface area contributed by atoms with E-state index in [1.165, 1.54) is 13.0 Å². The summed E-state index contributed by atoms with van der Waals surface area (Å²) >= 11 is 0. The molecule has 0 spiro atoms. The van der Waals surface area contributed by atoms with Crippen molar-refractivity contribution in [2.45, 2.75) is 20.8 Å². The maximum absolute atomic E-state index is 12.5. The molecule has 0 saturated heterocycles. The molecule has 0 saturated carbocycles. The van der Waals surface area contributed by atoms with Crippen LogP contribution in [0.3, 0.4) is 0 Å².